The van der Waals surface area contributed by atoms with Gasteiger partial charge in [-0.3, -0.25) is 0 Å². The zero-order valence-electron chi connectivity index (χ0n) is 12.7. The van der Waals surface area contributed by atoms with Crippen molar-refractivity contribution in [2.75, 3.05) is 6.61 Å². The summed E-state index contributed by atoms with van der Waals surface area (Å²) in [6.45, 7) is 10.00. The molecule has 0 aliphatic heterocycles. The van der Waals surface area contributed by atoms with Crippen LogP contribution in [0.4, 0.5) is 4.79 Å². The first-order valence-corrected chi connectivity index (χ1v) is 6.92. The van der Waals surface area contributed by atoms with Crippen molar-refractivity contribution in [3.8, 4) is 0 Å². The first kappa shape index (κ1) is 15.0. The van der Waals surface area contributed by atoms with Gasteiger partial charge >= 0.3 is 6.09 Å². The molecule has 4 heteroatoms. The molecule has 0 amide bonds. The maximum absolute atomic E-state index is 11.8. The molecule has 4 nitrogen and oxygen atoms in total. The lowest BCUT2D eigenvalue weighted by Gasteiger charge is -2.14. The van der Waals surface area contributed by atoms with Crippen molar-refractivity contribution in [1.82, 2.24) is 9.55 Å². The van der Waals surface area contributed by atoms with Gasteiger partial charge in [0.1, 0.15) is 12.9 Å². The third-order valence-corrected chi connectivity index (χ3v) is 3.69. The Morgan fingerprint density at radius 1 is 1.48 bits per heavy atom. The summed E-state index contributed by atoms with van der Waals surface area (Å²) < 4.78 is 6.35. The number of carbonyl (C=O) groups excluding carboxylic acids is 1. The summed E-state index contributed by atoms with van der Waals surface area (Å²) in [5, 5.41) is 0. The minimum Gasteiger partial charge on any atom is -0.445 e. The Hall–Kier alpha value is -2.36. The van der Waals surface area contributed by atoms with Crippen LogP contribution in [0.2, 0.25) is 0 Å². The lowest BCUT2D eigenvalue weighted by Crippen LogP contribution is -2.11. The molecular weight excluding hydrogens is 264 g/mol. The normalized spacial score (nSPS) is 12.0. The van der Waals surface area contributed by atoms with Gasteiger partial charge in [0.25, 0.3) is 0 Å². The smallest absolute Gasteiger partial charge is 0.419 e. The summed E-state index contributed by atoms with van der Waals surface area (Å²) in [5.41, 5.74) is 4.58. The number of hydrogen-bond donors (Lipinski definition) is 0. The topological polar surface area (TPSA) is 44.1 Å². The fourth-order valence-electron chi connectivity index (χ4n) is 2.27. The molecule has 0 bridgehead atoms. The van der Waals surface area contributed by atoms with Gasteiger partial charge in [0.2, 0.25) is 0 Å². The second kappa shape index (κ2) is 6.39. The average Bonchev–Trinajstić information content (AvgIpc) is 2.97. The molecule has 1 heterocycles. The molecule has 110 valence electrons. The van der Waals surface area contributed by atoms with Crippen molar-refractivity contribution in [1.29, 1.82) is 0 Å². The molecule has 0 saturated heterocycles. The highest BCUT2D eigenvalue weighted by Gasteiger charge is 2.16. The van der Waals surface area contributed by atoms with E-state index in [4.69, 9.17) is 4.74 Å². The summed E-state index contributed by atoms with van der Waals surface area (Å²) in [6.07, 6.45) is 4.30. The van der Waals surface area contributed by atoms with E-state index in [9.17, 15) is 4.79 Å². The van der Waals surface area contributed by atoms with E-state index >= 15 is 0 Å². The fourth-order valence-corrected chi connectivity index (χ4v) is 2.27. The quantitative estimate of drug-likeness (QED) is 0.802. The van der Waals surface area contributed by atoms with E-state index in [1.54, 1.807) is 6.20 Å². The van der Waals surface area contributed by atoms with Crippen molar-refractivity contribution in [3.05, 3.63) is 65.8 Å². The molecule has 0 spiro atoms. The molecule has 0 saturated carbocycles. The Morgan fingerprint density at radius 2 is 2.24 bits per heavy atom. The summed E-state index contributed by atoms with van der Waals surface area (Å²) in [4.78, 5) is 16.1. The molecule has 1 atom stereocenters. The first-order chi connectivity index (χ1) is 10.0. The second-order valence-electron chi connectivity index (χ2n) is 5.08. The number of imidazole rings is 1. The maximum Gasteiger partial charge on any atom is 0.419 e. The SMILES string of the molecule is C=CCOC(=O)n1cnc(C(C)c2cccc(C)c2C)c1. The molecule has 0 aliphatic rings. The number of carbonyl (C=O) groups is 1. The standard InChI is InChI=1S/C17H20N2O2/c1-5-9-21-17(20)19-10-16(18-11-19)14(4)15-8-6-7-12(2)13(15)3/h5-8,10-11,14H,1,9H2,2-4H3. The highest BCUT2D eigenvalue weighted by atomic mass is 16.5. The number of aromatic nitrogens is 2. The van der Waals surface area contributed by atoms with Gasteiger partial charge in [-0.2, -0.15) is 0 Å². The third kappa shape index (κ3) is 3.21. The van der Waals surface area contributed by atoms with Crippen LogP contribution in [-0.4, -0.2) is 22.3 Å². The highest BCUT2D eigenvalue weighted by molar-refractivity contribution is 5.70. The van der Waals surface area contributed by atoms with Crippen LogP contribution in [0.1, 0.15) is 35.2 Å². The van der Waals surface area contributed by atoms with Gasteiger partial charge in [-0.05, 0) is 30.5 Å². The molecule has 21 heavy (non-hydrogen) atoms. The van der Waals surface area contributed by atoms with Gasteiger partial charge in [0.15, 0.2) is 0 Å². The maximum atomic E-state index is 11.8. The first-order valence-electron chi connectivity index (χ1n) is 6.92. The van der Waals surface area contributed by atoms with Crippen LogP contribution < -0.4 is 0 Å². The molecule has 0 N–H and O–H groups in total. The Morgan fingerprint density at radius 3 is 2.95 bits per heavy atom. The van der Waals surface area contributed by atoms with Crippen LogP contribution in [0.5, 0.6) is 0 Å². The molecule has 2 rings (SSSR count). The van der Waals surface area contributed by atoms with Gasteiger partial charge in [-0.1, -0.05) is 37.8 Å². The number of ether oxygens (including phenoxy) is 1. The van der Waals surface area contributed by atoms with Gasteiger partial charge < -0.3 is 4.74 Å². The van der Waals surface area contributed by atoms with Crippen molar-refractivity contribution < 1.29 is 9.53 Å². The van der Waals surface area contributed by atoms with E-state index in [-0.39, 0.29) is 12.5 Å². The predicted molar refractivity (Wildman–Crippen MR) is 82.6 cm³/mol. The highest BCUT2D eigenvalue weighted by Crippen LogP contribution is 2.27. The number of rotatable bonds is 4. The van der Waals surface area contributed by atoms with E-state index in [1.165, 1.54) is 33.7 Å². The number of nitrogens with zero attached hydrogens (tertiary/aromatic N) is 2. The van der Waals surface area contributed by atoms with Crippen molar-refractivity contribution in [2.24, 2.45) is 0 Å². The summed E-state index contributed by atoms with van der Waals surface area (Å²) in [7, 11) is 0. The summed E-state index contributed by atoms with van der Waals surface area (Å²) in [5.74, 6) is 0.123. The molecular formula is C17H20N2O2. The summed E-state index contributed by atoms with van der Waals surface area (Å²) >= 11 is 0. The Kier molecular flexibility index (Phi) is 4.58. The molecule has 1 aromatic heterocycles. The molecule has 1 aromatic carbocycles. The van der Waals surface area contributed by atoms with Crippen LogP contribution in [0.25, 0.3) is 0 Å². The zero-order valence-corrected chi connectivity index (χ0v) is 12.7. The average molecular weight is 284 g/mol. The molecule has 0 radical (unpaired) electrons. The lowest BCUT2D eigenvalue weighted by molar-refractivity contribution is 0.160. The molecule has 2 aromatic rings. The molecule has 0 fully saturated rings. The third-order valence-electron chi connectivity index (χ3n) is 3.69. The molecule has 1 unspecified atom stereocenters. The number of benzene rings is 1. The fraction of sp³-hybridized carbons (Fsp3) is 0.294. The van der Waals surface area contributed by atoms with Gasteiger partial charge in [-0.15, -0.1) is 0 Å². The zero-order chi connectivity index (χ0) is 15.4. The molecule has 0 aliphatic carbocycles. The second-order valence-corrected chi connectivity index (χ2v) is 5.08. The van der Waals surface area contributed by atoms with E-state index < -0.39 is 6.09 Å². The minimum absolute atomic E-state index is 0.123. The lowest BCUT2D eigenvalue weighted by atomic mass is 9.92. The van der Waals surface area contributed by atoms with Crippen molar-refractivity contribution in [2.45, 2.75) is 26.7 Å². The van der Waals surface area contributed by atoms with Gasteiger partial charge in [-0.25, -0.2) is 14.3 Å². The predicted octanol–water partition coefficient (Wildman–Crippen LogP) is 3.82. The Balaban J connectivity index is 2.22. The van der Waals surface area contributed by atoms with E-state index in [1.807, 2.05) is 6.07 Å². The van der Waals surface area contributed by atoms with E-state index in [0.717, 1.165) is 5.69 Å². The minimum atomic E-state index is -0.443. The van der Waals surface area contributed by atoms with E-state index in [2.05, 4.69) is 44.5 Å². The van der Waals surface area contributed by atoms with Crippen LogP contribution in [0.15, 0.2) is 43.4 Å². The largest absolute Gasteiger partial charge is 0.445 e. The Bertz CT molecular complexity index is 659. The van der Waals surface area contributed by atoms with Crippen LogP contribution in [0.3, 0.4) is 0 Å². The monoisotopic (exact) mass is 284 g/mol. The Labute approximate surface area is 125 Å². The van der Waals surface area contributed by atoms with Crippen molar-refractivity contribution >= 4 is 6.09 Å². The van der Waals surface area contributed by atoms with Crippen LogP contribution in [0, 0.1) is 13.8 Å². The van der Waals surface area contributed by atoms with E-state index in [0.29, 0.717) is 0 Å². The van der Waals surface area contributed by atoms with Crippen molar-refractivity contribution in [3.63, 3.8) is 0 Å². The number of hydrogen-bond acceptors (Lipinski definition) is 3. The number of aryl methyl sites for hydroxylation is 1. The van der Waals surface area contributed by atoms with Crippen LogP contribution in [-0.2, 0) is 4.74 Å². The van der Waals surface area contributed by atoms with Crippen LogP contribution >= 0.6 is 0 Å². The van der Waals surface area contributed by atoms with Gasteiger partial charge in [0.05, 0.1) is 5.69 Å². The summed E-state index contributed by atoms with van der Waals surface area (Å²) in [6, 6.07) is 6.24. The van der Waals surface area contributed by atoms with Gasteiger partial charge in [0, 0.05) is 12.1 Å².